The fraction of sp³-hybridized carbons (Fsp3) is 0.167. The summed E-state index contributed by atoms with van der Waals surface area (Å²) < 4.78 is 33.1. The monoisotopic (exact) mass is 388 g/mol. The number of nitrogens with two attached hydrogens (primary N) is 2. The number of anilines is 3. The Labute approximate surface area is 157 Å². The number of nitrogens with one attached hydrogen (secondary N) is 1. The largest absolute Gasteiger partial charge is 0.493 e. The van der Waals surface area contributed by atoms with Gasteiger partial charge in [0.05, 0.1) is 43.1 Å². The van der Waals surface area contributed by atoms with Crippen molar-refractivity contribution >= 4 is 38.0 Å². The molecule has 3 rings (SSSR count). The van der Waals surface area contributed by atoms with Crippen LogP contribution in [0.5, 0.6) is 11.5 Å². The zero-order valence-corrected chi connectivity index (χ0v) is 15.7. The van der Waals surface area contributed by atoms with Crippen molar-refractivity contribution in [1.29, 1.82) is 0 Å². The van der Waals surface area contributed by atoms with Gasteiger partial charge in [0.1, 0.15) is 0 Å². The van der Waals surface area contributed by atoms with E-state index in [9.17, 15) is 8.42 Å². The Morgan fingerprint density at radius 2 is 1.70 bits per heavy atom. The molecule has 0 amide bonds. The molecule has 0 aliphatic heterocycles. The Morgan fingerprint density at radius 1 is 1.07 bits per heavy atom. The highest BCUT2D eigenvalue weighted by Gasteiger charge is 2.13. The van der Waals surface area contributed by atoms with Crippen LogP contribution in [0.4, 0.5) is 17.1 Å². The van der Waals surface area contributed by atoms with Crippen LogP contribution in [0.1, 0.15) is 5.56 Å². The lowest BCUT2D eigenvalue weighted by atomic mass is 10.1. The Hall–Kier alpha value is -3.04. The van der Waals surface area contributed by atoms with Crippen LogP contribution >= 0.6 is 0 Å². The van der Waals surface area contributed by atoms with Gasteiger partial charge < -0.3 is 20.5 Å². The Bertz CT molecular complexity index is 1080. The number of methoxy groups -OCH3 is 2. The van der Waals surface area contributed by atoms with E-state index in [1.807, 2.05) is 0 Å². The van der Waals surface area contributed by atoms with Crippen molar-refractivity contribution in [1.82, 2.24) is 4.98 Å². The lowest BCUT2D eigenvalue weighted by molar-refractivity contribution is 0.356. The van der Waals surface area contributed by atoms with Crippen LogP contribution in [-0.2, 0) is 15.8 Å². The van der Waals surface area contributed by atoms with Crippen LogP contribution in [0.25, 0.3) is 10.9 Å². The minimum atomic E-state index is -3.57. The predicted molar refractivity (Wildman–Crippen MR) is 106 cm³/mol. The molecule has 3 aromatic rings. The van der Waals surface area contributed by atoms with E-state index in [0.29, 0.717) is 34.0 Å². The third-order valence-electron chi connectivity index (χ3n) is 3.99. The summed E-state index contributed by atoms with van der Waals surface area (Å²) in [4.78, 5) is 4.34. The number of pyridine rings is 1. The first-order valence-corrected chi connectivity index (χ1v) is 9.69. The summed E-state index contributed by atoms with van der Waals surface area (Å²) >= 11 is 0. The van der Waals surface area contributed by atoms with E-state index in [1.165, 1.54) is 0 Å². The molecule has 9 heteroatoms. The van der Waals surface area contributed by atoms with Gasteiger partial charge in [-0.05, 0) is 23.8 Å². The molecule has 0 unspecified atom stereocenters. The van der Waals surface area contributed by atoms with Gasteiger partial charge in [-0.2, -0.15) is 0 Å². The second kappa shape index (κ2) is 7.29. The quantitative estimate of drug-likeness (QED) is 0.591. The highest BCUT2D eigenvalue weighted by molar-refractivity contribution is 7.88. The van der Waals surface area contributed by atoms with Gasteiger partial charge in [-0.1, -0.05) is 12.1 Å². The molecule has 0 radical (unpaired) electrons. The summed E-state index contributed by atoms with van der Waals surface area (Å²) in [5.41, 5.74) is 9.27. The molecule has 0 aliphatic rings. The third-order valence-corrected chi connectivity index (χ3v) is 4.73. The molecule has 0 aliphatic carbocycles. The smallest absolute Gasteiger partial charge is 0.213 e. The highest BCUT2D eigenvalue weighted by atomic mass is 32.2. The first-order valence-electron chi connectivity index (χ1n) is 7.97. The second-order valence-electron chi connectivity index (χ2n) is 5.94. The van der Waals surface area contributed by atoms with Gasteiger partial charge in [-0.3, -0.25) is 4.98 Å². The van der Waals surface area contributed by atoms with Gasteiger partial charge in [-0.25, -0.2) is 13.6 Å². The van der Waals surface area contributed by atoms with Crippen molar-refractivity contribution in [2.75, 3.05) is 25.3 Å². The minimum absolute atomic E-state index is 0.218. The molecule has 1 aromatic heterocycles. The maximum atomic E-state index is 11.2. The number of hydrogen-bond donors (Lipinski definition) is 3. The summed E-state index contributed by atoms with van der Waals surface area (Å²) in [6.07, 6.45) is 1.56. The molecule has 0 atom stereocenters. The van der Waals surface area contributed by atoms with Crippen molar-refractivity contribution in [3.63, 3.8) is 0 Å². The fourth-order valence-corrected chi connectivity index (χ4v) is 3.39. The van der Waals surface area contributed by atoms with E-state index < -0.39 is 10.0 Å². The van der Waals surface area contributed by atoms with E-state index in [1.54, 1.807) is 56.8 Å². The van der Waals surface area contributed by atoms with Gasteiger partial charge in [-0.15, -0.1) is 0 Å². The average molecular weight is 388 g/mol. The maximum Gasteiger partial charge on any atom is 0.213 e. The first kappa shape index (κ1) is 18.7. The topological polar surface area (TPSA) is 130 Å². The molecule has 2 aromatic carbocycles. The van der Waals surface area contributed by atoms with Crippen molar-refractivity contribution in [2.45, 2.75) is 5.75 Å². The number of nitrogen functional groups attached to an aromatic ring is 1. The Balaban J connectivity index is 2.00. The molecule has 142 valence electrons. The molecule has 5 N–H and O–H groups in total. The van der Waals surface area contributed by atoms with Gasteiger partial charge in [0.2, 0.25) is 10.0 Å². The molecule has 0 bridgehead atoms. The number of rotatable bonds is 6. The summed E-state index contributed by atoms with van der Waals surface area (Å²) in [5, 5.41) is 9.09. The van der Waals surface area contributed by atoms with Gasteiger partial charge in [0.25, 0.3) is 0 Å². The number of fused-ring (bicyclic) bond motifs is 1. The summed E-state index contributed by atoms with van der Waals surface area (Å²) in [7, 11) is -0.458. The van der Waals surface area contributed by atoms with E-state index in [2.05, 4.69) is 10.3 Å². The molecule has 0 fully saturated rings. The van der Waals surface area contributed by atoms with Crippen molar-refractivity contribution in [2.24, 2.45) is 5.14 Å². The lowest BCUT2D eigenvalue weighted by Gasteiger charge is -2.15. The van der Waals surface area contributed by atoms with Crippen molar-refractivity contribution in [3.8, 4) is 11.5 Å². The molecule has 0 spiro atoms. The molecule has 1 heterocycles. The van der Waals surface area contributed by atoms with Crippen LogP contribution in [0, 0.1) is 0 Å². The second-order valence-corrected chi connectivity index (χ2v) is 7.56. The lowest BCUT2D eigenvalue weighted by Crippen LogP contribution is -2.14. The highest BCUT2D eigenvalue weighted by Crippen LogP contribution is 2.37. The molecule has 8 nitrogen and oxygen atoms in total. The molecule has 27 heavy (non-hydrogen) atoms. The van der Waals surface area contributed by atoms with Gasteiger partial charge in [0, 0.05) is 17.1 Å². The third kappa shape index (κ3) is 4.21. The Morgan fingerprint density at radius 3 is 2.30 bits per heavy atom. The predicted octanol–water partition coefficient (Wildman–Crippen LogP) is 2.37. The van der Waals surface area contributed by atoms with Gasteiger partial charge >= 0.3 is 0 Å². The first-order chi connectivity index (χ1) is 12.8. The summed E-state index contributed by atoms with van der Waals surface area (Å²) in [6.45, 7) is 0. The Kier molecular flexibility index (Phi) is 5.06. The number of aromatic nitrogens is 1. The minimum Gasteiger partial charge on any atom is -0.493 e. The molecule has 0 saturated carbocycles. The van der Waals surface area contributed by atoms with Crippen LogP contribution in [0.3, 0.4) is 0 Å². The average Bonchev–Trinajstić information content (AvgIpc) is 2.63. The number of benzene rings is 2. The fourth-order valence-electron chi connectivity index (χ4n) is 2.73. The van der Waals surface area contributed by atoms with Crippen LogP contribution in [0.2, 0.25) is 0 Å². The van der Waals surface area contributed by atoms with E-state index >= 15 is 0 Å². The van der Waals surface area contributed by atoms with Crippen molar-refractivity contribution < 1.29 is 17.9 Å². The number of primary sulfonamides is 1. The van der Waals surface area contributed by atoms with Gasteiger partial charge in [0.15, 0.2) is 11.5 Å². The van der Waals surface area contributed by atoms with Crippen LogP contribution < -0.4 is 25.7 Å². The maximum absolute atomic E-state index is 11.2. The zero-order chi connectivity index (χ0) is 19.6. The zero-order valence-electron chi connectivity index (χ0n) is 14.9. The van der Waals surface area contributed by atoms with E-state index in [-0.39, 0.29) is 5.75 Å². The van der Waals surface area contributed by atoms with Crippen LogP contribution in [0.15, 0.2) is 42.6 Å². The molecule has 0 saturated heterocycles. The summed E-state index contributed by atoms with van der Waals surface area (Å²) in [6, 6.07) is 10.5. The number of sulfonamides is 1. The number of nitrogens with zero attached hydrogens (tertiary/aromatic N) is 1. The summed E-state index contributed by atoms with van der Waals surface area (Å²) in [5.74, 6) is 0.912. The molecular formula is C18H20N4O4S. The molecular weight excluding hydrogens is 368 g/mol. The normalized spacial score (nSPS) is 11.4. The van der Waals surface area contributed by atoms with Crippen LogP contribution in [-0.4, -0.2) is 27.6 Å². The van der Waals surface area contributed by atoms with E-state index in [4.69, 9.17) is 20.3 Å². The standard InChI is InChI=1S/C18H20N4O4S/c1-25-16-7-13-15(8-17(16)26-2)21-9-14(19)18(13)22-12-5-3-11(4-6-12)10-27(20,23)24/h3-9H,10,19H2,1-2H3,(H,21,22)(H2,20,23,24). The number of hydrogen-bond acceptors (Lipinski definition) is 7. The van der Waals surface area contributed by atoms with E-state index in [0.717, 1.165) is 11.1 Å². The number of ether oxygens (including phenoxy) is 2. The van der Waals surface area contributed by atoms with Crippen molar-refractivity contribution in [3.05, 3.63) is 48.2 Å². The SMILES string of the molecule is COc1cc2ncc(N)c(Nc3ccc(CS(N)(=O)=O)cc3)c2cc1OC.